The fourth-order valence-electron chi connectivity index (χ4n) is 9.12. The number of carbonyl (C=O) groups excluding carboxylic acids is 3. The third-order valence-corrected chi connectivity index (χ3v) is 13.8. The molecule has 1 atom stereocenters. The number of esters is 3. The summed E-state index contributed by atoms with van der Waals surface area (Å²) in [5, 5.41) is 0. The molecule has 1 unspecified atom stereocenters. The van der Waals surface area contributed by atoms with Crippen molar-refractivity contribution in [2.75, 3.05) is 13.2 Å². The topological polar surface area (TPSA) is 78.9 Å². The normalized spacial score (nSPS) is 12.4. The van der Waals surface area contributed by atoms with Crippen molar-refractivity contribution in [3.8, 4) is 0 Å². The van der Waals surface area contributed by atoms with E-state index in [-0.39, 0.29) is 31.1 Å². The van der Waals surface area contributed by atoms with Crippen molar-refractivity contribution in [2.45, 2.75) is 329 Å². The smallest absolute Gasteiger partial charge is 0.306 e. The van der Waals surface area contributed by atoms with E-state index in [1.54, 1.807) is 0 Å². The van der Waals surface area contributed by atoms with Crippen LogP contribution in [0.25, 0.3) is 0 Å². The number of allylic oxidation sites excluding steroid dienone is 10. The number of hydrogen-bond acceptors (Lipinski definition) is 6. The first-order chi connectivity index (χ1) is 35.5. The molecule has 6 nitrogen and oxygen atoms in total. The van der Waals surface area contributed by atoms with Gasteiger partial charge in [-0.25, -0.2) is 0 Å². The third-order valence-electron chi connectivity index (χ3n) is 13.8. The van der Waals surface area contributed by atoms with Gasteiger partial charge < -0.3 is 14.2 Å². The van der Waals surface area contributed by atoms with E-state index in [1.165, 1.54) is 186 Å². The maximum absolute atomic E-state index is 12.9. The molecule has 0 aromatic rings. The van der Waals surface area contributed by atoms with E-state index in [0.717, 1.165) is 96.3 Å². The molecule has 0 aromatic heterocycles. The van der Waals surface area contributed by atoms with E-state index in [2.05, 4.69) is 81.5 Å². The summed E-state index contributed by atoms with van der Waals surface area (Å²) in [6, 6.07) is 0. The standard InChI is InChI=1S/C66H118O6/c1-4-7-10-13-16-19-22-25-27-29-31-32-33-34-36-37-39-41-44-47-50-53-56-59-65(68)71-62-63(61-70-64(67)58-55-52-49-46-43-24-21-18-15-12-9-6-3)72-66(69)60-57-54-51-48-45-42-40-38-35-30-28-26-23-20-17-14-11-8-5-2/h7,10,16,19,25,27,31-32,34,36,63H,4-6,8-9,11-15,17-18,20-24,26,28-30,33,35,37-62H2,1-3H3/b10-7-,19-16-,27-25-,32-31-,36-34-. The van der Waals surface area contributed by atoms with Crippen LogP contribution in [0.15, 0.2) is 60.8 Å². The Morgan fingerprint density at radius 3 is 0.847 bits per heavy atom. The Kier molecular flexibility index (Phi) is 58.2. The lowest BCUT2D eigenvalue weighted by molar-refractivity contribution is -0.167. The molecule has 418 valence electrons. The van der Waals surface area contributed by atoms with Gasteiger partial charge in [-0.1, -0.05) is 300 Å². The van der Waals surface area contributed by atoms with Crippen molar-refractivity contribution in [3.05, 3.63) is 60.8 Å². The summed E-state index contributed by atoms with van der Waals surface area (Å²) in [5.41, 5.74) is 0. The Labute approximate surface area is 447 Å². The van der Waals surface area contributed by atoms with E-state index in [4.69, 9.17) is 14.2 Å². The molecule has 0 rings (SSSR count). The highest BCUT2D eigenvalue weighted by molar-refractivity contribution is 5.71. The predicted molar refractivity (Wildman–Crippen MR) is 312 cm³/mol. The summed E-state index contributed by atoms with van der Waals surface area (Å²) in [6.07, 6.45) is 76.5. The average molecular weight is 1010 g/mol. The van der Waals surface area contributed by atoms with Gasteiger partial charge in [0.05, 0.1) is 0 Å². The summed E-state index contributed by atoms with van der Waals surface area (Å²) in [7, 11) is 0. The Bertz CT molecular complexity index is 1290. The first kappa shape index (κ1) is 69.1. The monoisotopic (exact) mass is 1010 g/mol. The molecule has 0 saturated carbocycles. The lowest BCUT2D eigenvalue weighted by atomic mass is 10.0. The summed E-state index contributed by atoms with van der Waals surface area (Å²) < 4.78 is 16.9. The van der Waals surface area contributed by atoms with Crippen molar-refractivity contribution in [3.63, 3.8) is 0 Å². The summed E-state index contributed by atoms with van der Waals surface area (Å²) >= 11 is 0. The van der Waals surface area contributed by atoms with Crippen LogP contribution in [0, 0.1) is 0 Å². The van der Waals surface area contributed by atoms with Gasteiger partial charge in [-0.2, -0.15) is 0 Å². The van der Waals surface area contributed by atoms with E-state index in [0.29, 0.717) is 19.3 Å². The minimum Gasteiger partial charge on any atom is -0.462 e. The lowest BCUT2D eigenvalue weighted by Gasteiger charge is -2.18. The fraction of sp³-hybridized carbons (Fsp3) is 0.803. The van der Waals surface area contributed by atoms with E-state index < -0.39 is 6.10 Å². The van der Waals surface area contributed by atoms with Crippen molar-refractivity contribution in [1.82, 2.24) is 0 Å². The molecule has 72 heavy (non-hydrogen) atoms. The van der Waals surface area contributed by atoms with Crippen LogP contribution in [0.4, 0.5) is 0 Å². The Hall–Kier alpha value is -2.89. The minimum atomic E-state index is -0.776. The van der Waals surface area contributed by atoms with Gasteiger partial charge in [0.2, 0.25) is 0 Å². The second-order valence-electron chi connectivity index (χ2n) is 21.0. The molecule has 0 heterocycles. The van der Waals surface area contributed by atoms with Crippen molar-refractivity contribution in [2.24, 2.45) is 0 Å². The summed E-state index contributed by atoms with van der Waals surface area (Å²) in [6.45, 7) is 6.56. The largest absolute Gasteiger partial charge is 0.462 e. The van der Waals surface area contributed by atoms with Gasteiger partial charge >= 0.3 is 17.9 Å². The molecule has 0 aliphatic heterocycles. The van der Waals surface area contributed by atoms with Crippen LogP contribution >= 0.6 is 0 Å². The van der Waals surface area contributed by atoms with Crippen molar-refractivity contribution in [1.29, 1.82) is 0 Å². The van der Waals surface area contributed by atoms with Gasteiger partial charge in [-0.05, 0) is 64.2 Å². The molecule has 0 amide bonds. The van der Waals surface area contributed by atoms with Crippen LogP contribution < -0.4 is 0 Å². The van der Waals surface area contributed by atoms with E-state index >= 15 is 0 Å². The molecule has 0 N–H and O–H groups in total. The first-order valence-corrected chi connectivity index (χ1v) is 31.3. The van der Waals surface area contributed by atoms with Gasteiger partial charge in [0.25, 0.3) is 0 Å². The molecular weight excluding hydrogens is 889 g/mol. The highest BCUT2D eigenvalue weighted by Crippen LogP contribution is 2.17. The lowest BCUT2D eigenvalue weighted by Crippen LogP contribution is -2.30. The SMILES string of the molecule is CC/C=C\C/C=C\C/C=C\C/C=C\C/C=C\CCCCCCCCCC(=O)OCC(COC(=O)CCCCCCCCCCCCCC)OC(=O)CCCCCCCCCCCCCCCCCCCCC. The zero-order valence-electron chi connectivity index (χ0n) is 47.9. The van der Waals surface area contributed by atoms with Crippen LogP contribution in [-0.2, 0) is 28.6 Å². The number of hydrogen-bond donors (Lipinski definition) is 0. The second-order valence-corrected chi connectivity index (χ2v) is 21.0. The Morgan fingerprint density at radius 1 is 0.292 bits per heavy atom. The fourth-order valence-corrected chi connectivity index (χ4v) is 9.12. The highest BCUT2D eigenvalue weighted by Gasteiger charge is 2.19. The second kappa shape index (κ2) is 60.7. The Morgan fingerprint density at radius 2 is 0.542 bits per heavy atom. The van der Waals surface area contributed by atoms with Gasteiger partial charge in [-0.3, -0.25) is 14.4 Å². The van der Waals surface area contributed by atoms with E-state index in [1.807, 2.05) is 0 Å². The van der Waals surface area contributed by atoms with Crippen LogP contribution in [0.5, 0.6) is 0 Å². The molecule has 0 radical (unpaired) electrons. The van der Waals surface area contributed by atoms with Gasteiger partial charge in [-0.15, -0.1) is 0 Å². The number of ether oxygens (including phenoxy) is 3. The predicted octanol–water partition coefficient (Wildman–Crippen LogP) is 21.2. The molecule has 0 aromatic carbocycles. The van der Waals surface area contributed by atoms with Crippen LogP contribution in [-0.4, -0.2) is 37.2 Å². The Balaban J connectivity index is 4.31. The maximum Gasteiger partial charge on any atom is 0.306 e. The first-order valence-electron chi connectivity index (χ1n) is 31.3. The zero-order valence-corrected chi connectivity index (χ0v) is 47.9. The number of unbranched alkanes of at least 4 members (excludes halogenated alkanes) is 36. The summed E-state index contributed by atoms with van der Waals surface area (Å²) in [4.78, 5) is 38.2. The number of carbonyl (C=O) groups is 3. The van der Waals surface area contributed by atoms with Gasteiger partial charge in [0, 0.05) is 19.3 Å². The molecule has 0 aliphatic rings. The van der Waals surface area contributed by atoms with Gasteiger partial charge in [0.1, 0.15) is 13.2 Å². The zero-order chi connectivity index (χ0) is 52.2. The molecule has 0 saturated heterocycles. The molecular formula is C66H118O6. The average Bonchev–Trinajstić information content (AvgIpc) is 3.38. The quantitative estimate of drug-likeness (QED) is 0.0261. The highest BCUT2D eigenvalue weighted by atomic mass is 16.6. The third kappa shape index (κ3) is 58.0. The van der Waals surface area contributed by atoms with Crippen molar-refractivity contribution < 1.29 is 28.6 Å². The van der Waals surface area contributed by atoms with E-state index in [9.17, 15) is 14.4 Å². The summed E-state index contributed by atoms with van der Waals surface area (Å²) in [5.74, 6) is -0.866. The molecule has 0 fully saturated rings. The van der Waals surface area contributed by atoms with Crippen LogP contribution in [0.2, 0.25) is 0 Å². The number of rotatable bonds is 57. The van der Waals surface area contributed by atoms with Crippen LogP contribution in [0.3, 0.4) is 0 Å². The molecule has 0 bridgehead atoms. The van der Waals surface area contributed by atoms with Gasteiger partial charge in [0.15, 0.2) is 6.10 Å². The maximum atomic E-state index is 12.9. The molecule has 0 spiro atoms. The van der Waals surface area contributed by atoms with Crippen LogP contribution in [0.1, 0.15) is 323 Å². The molecule has 6 heteroatoms. The molecule has 0 aliphatic carbocycles. The van der Waals surface area contributed by atoms with Crippen molar-refractivity contribution >= 4 is 17.9 Å². The minimum absolute atomic E-state index is 0.0730.